The standard InChI is InChI=1S/C17H23N7O/c1-22-9-11-23(12-10-22)7-4-8-24-14-6-3-2-5-13(14)19-17(24)15-16(18)21-25-20-15/h2-3,5-6H,4,7-12H2,1H3,(H2,18,21). The molecule has 2 N–H and O–H groups in total. The van der Waals surface area contributed by atoms with Crippen molar-refractivity contribution in [2.75, 3.05) is 45.5 Å². The molecule has 0 bridgehead atoms. The third kappa shape index (κ3) is 3.22. The number of benzene rings is 1. The second kappa shape index (κ2) is 6.81. The summed E-state index contributed by atoms with van der Waals surface area (Å²) in [4.78, 5) is 9.58. The number of likely N-dealkylation sites (N-methyl/N-ethyl adjacent to an activating group) is 1. The fourth-order valence-electron chi connectivity index (χ4n) is 3.36. The monoisotopic (exact) mass is 341 g/mol. The number of para-hydroxylation sites is 2. The first-order valence-electron chi connectivity index (χ1n) is 8.67. The number of nitrogens with zero attached hydrogens (tertiary/aromatic N) is 6. The van der Waals surface area contributed by atoms with Gasteiger partial charge in [0.2, 0.25) is 0 Å². The molecule has 2 aromatic heterocycles. The maximum Gasteiger partial charge on any atom is 0.199 e. The van der Waals surface area contributed by atoms with Crippen LogP contribution in [-0.4, -0.2) is 69.4 Å². The number of anilines is 1. The van der Waals surface area contributed by atoms with Crippen LogP contribution in [0.25, 0.3) is 22.6 Å². The second-order valence-corrected chi connectivity index (χ2v) is 6.57. The van der Waals surface area contributed by atoms with E-state index in [4.69, 9.17) is 15.3 Å². The van der Waals surface area contributed by atoms with Crippen LogP contribution in [0.5, 0.6) is 0 Å². The number of aryl methyl sites for hydroxylation is 1. The van der Waals surface area contributed by atoms with Gasteiger partial charge < -0.3 is 20.1 Å². The third-order valence-electron chi connectivity index (χ3n) is 4.83. The van der Waals surface area contributed by atoms with E-state index in [2.05, 4.69) is 37.8 Å². The van der Waals surface area contributed by atoms with Crippen molar-refractivity contribution in [1.29, 1.82) is 0 Å². The topological polar surface area (TPSA) is 89.2 Å². The van der Waals surface area contributed by atoms with Gasteiger partial charge in [-0.3, -0.25) is 0 Å². The van der Waals surface area contributed by atoms with Gasteiger partial charge in [0.1, 0.15) is 0 Å². The highest BCUT2D eigenvalue weighted by atomic mass is 16.6. The summed E-state index contributed by atoms with van der Waals surface area (Å²) < 4.78 is 6.94. The minimum Gasteiger partial charge on any atom is -0.379 e. The van der Waals surface area contributed by atoms with Crippen LogP contribution in [0.1, 0.15) is 6.42 Å². The van der Waals surface area contributed by atoms with Crippen LogP contribution in [0, 0.1) is 0 Å². The van der Waals surface area contributed by atoms with E-state index in [1.165, 1.54) is 0 Å². The lowest BCUT2D eigenvalue weighted by molar-refractivity contribution is 0.151. The largest absolute Gasteiger partial charge is 0.379 e. The predicted molar refractivity (Wildman–Crippen MR) is 96.0 cm³/mol. The van der Waals surface area contributed by atoms with Crippen molar-refractivity contribution in [3.8, 4) is 11.5 Å². The Hall–Kier alpha value is -2.45. The molecule has 0 aliphatic carbocycles. The molecule has 25 heavy (non-hydrogen) atoms. The van der Waals surface area contributed by atoms with Crippen molar-refractivity contribution in [1.82, 2.24) is 29.7 Å². The average Bonchev–Trinajstić information content (AvgIpc) is 3.20. The number of hydrogen-bond donors (Lipinski definition) is 1. The second-order valence-electron chi connectivity index (χ2n) is 6.57. The van der Waals surface area contributed by atoms with Crippen LogP contribution >= 0.6 is 0 Å². The molecule has 1 saturated heterocycles. The Labute approximate surface area is 146 Å². The van der Waals surface area contributed by atoms with Crippen LogP contribution in [0.2, 0.25) is 0 Å². The summed E-state index contributed by atoms with van der Waals surface area (Å²) >= 11 is 0. The lowest BCUT2D eigenvalue weighted by atomic mass is 10.3. The number of aromatic nitrogens is 4. The van der Waals surface area contributed by atoms with Crippen molar-refractivity contribution in [3.63, 3.8) is 0 Å². The van der Waals surface area contributed by atoms with Gasteiger partial charge in [0.15, 0.2) is 17.3 Å². The van der Waals surface area contributed by atoms with Gasteiger partial charge in [0.25, 0.3) is 0 Å². The molecule has 0 atom stereocenters. The maximum absolute atomic E-state index is 5.89. The molecule has 132 valence electrons. The molecular formula is C17H23N7O. The lowest BCUT2D eigenvalue weighted by Crippen LogP contribution is -2.44. The molecule has 4 rings (SSSR count). The number of imidazole rings is 1. The lowest BCUT2D eigenvalue weighted by Gasteiger charge is -2.32. The zero-order valence-corrected chi connectivity index (χ0v) is 14.4. The van der Waals surface area contributed by atoms with Crippen LogP contribution in [0.15, 0.2) is 28.9 Å². The van der Waals surface area contributed by atoms with Gasteiger partial charge >= 0.3 is 0 Å². The minimum atomic E-state index is 0.274. The van der Waals surface area contributed by atoms with Crippen molar-refractivity contribution in [2.24, 2.45) is 0 Å². The number of nitrogen functional groups attached to an aromatic ring is 1. The van der Waals surface area contributed by atoms with Gasteiger partial charge in [-0.05, 0) is 42.5 Å². The number of hydrogen-bond acceptors (Lipinski definition) is 7. The molecular weight excluding hydrogens is 318 g/mol. The Morgan fingerprint density at radius 3 is 2.64 bits per heavy atom. The molecule has 8 heteroatoms. The first-order chi connectivity index (χ1) is 12.2. The fourth-order valence-corrected chi connectivity index (χ4v) is 3.36. The number of piperazine rings is 1. The Morgan fingerprint density at radius 1 is 1.08 bits per heavy atom. The van der Waals surface area contributed by atoms with Crippen LogP contribution < -0.4 is 5.73 Å². The van der Waals surface area contributed by atoms with Crippen LogP contribution in [-0.2, 0) is 6.54 Å². The quantitative estimate of drug-likeness (QED) is 0.748. The summed E-state index contributed by atoms with van der Waals surface area (Å²) in [5.41, 5.74) is 8.41. The van der Waals surface area contributed by atoms with Gasteiger partial charge in [0.05, 0.1) is 11.0 Å². The van der Waals surface area contributed by atoms with Gasteiger partial charge in [-0.15, -0.1) is 0 Å². The number of nitrogens with two attached hydrogens (primary N) is 1. The summed E-state index contributed by atoms with van der Waals surface area (Å²) in [6.45, 7) is 6.48. The zero-order valence-electron chi connectivity index (χ0n) is 14.4. The van der Waals surface area contributed by atoms with Crippen LogP contribution in [0.3, 0.4) is 0 Å². The molecule has 0 radical (unpaired) electrons. The van der Waals surface area contributed by atoms with Crippen molar-refractivity contribution < 1.29 is 4.63 Å². The van der Waals surface area contributed by atoms with Crippen molar-refractivity contribution in [3.05, 3.63) is 24.3 Å². The molecule has 1 aliphatic rings. The normalized spacial score (nSPS) is 16.7. The van der Waals surface area contributed by atoms with E-state index in [9.17, 15) is 0 Å². The molecule has 8 nitrogen and oxygen atoms in total. The van der Waals surface area contributed by atoms with Crippen molar-refractivity contribution >= 4 is 16.9 Å². The van der Waals surface area contributed by atoms with Crippen LogP contribution in [0.4, 0.5) is 5.82 Å². The molecule has 3 aromatic rings. The highest BCUT2D eigenvalue weighted by Gasteiger charge is 2.19. The first kappa shape index (κ1) is 16.0. The number of fused-ring (bicyclic) bond motifs is 1. The Kier molecular flexibility index (Phi) is 4.37. The molecule has 1 aromatic carbocycles. The van der Waals surface area contributed by atoms with E-state index in [1.54, 1.807) is 0 Å². The highest BCUT2D eigenvalue weighted by Crippen LogP contribution is 2.26. The first-order valence-corrected chi connectivity index (χ1v) is 8.67. The predicted octanol–water partition coefficient (Wildman–Crippen LogP) is 1.31. The Morgan fingerprint density at radius 2 is 1.88 bits per heavy atom. The van der Waals surface area contributed by atoms with E-state index in [0.717, 1.165) is 62.5 Å². The van der Waals surface area contributed by atoms with Gasteiger partial charge in [-0.25, -0.2) is 9.61 Å². The highest BCUT2D eigenvalue weighted by molar-refractivity contribution is 5.81. The van der Waals surface area contributed by atoms with Gasteiger partial charge in [-0.2, -0.15) is 0 Å². The Bertz CT molecular complexity index is 848. The van der Waals surface area contributed by atoms with Gasteiger partial charge in [-0.1, -0.05) is 12.1 Å². The smallest absolute Gasteiger partial charge is 0.199 e. The summed E-state index contributed by atoms with van der Waals surface area (Å²) in [6.07, 6.45) is 1.04. The van der Waals surface area contributed by atoms with Gasteiger partial charge in [0, 0.05) is 32.7 Å². The molecule has 1 fully saturated rings. The molecule has 0 amide bonds. The summed E-state index contributed by atoms with van der Waals surface area (Å²) in [7, 11) is 2.18. The maximum atomic E-state index is 5.89. The summed E-state index contributed by atoms with van der Waals surface area (Å²) in [5.74, 6) is 0.994. The fraction of sp³-hybridized carbons (Fsp3) is 0.471. The zero-order chi connectivity index (χ0) is 17.2. The average molecular weight is 341 g/mol. The van der Waals surface area contributed by atoms with E-state index in [1.807, 2.05) is 18.2 Å². The number of rotatable bonds is 5. The third-order valence-corrected chi connectivity index (χ3v) is 4.83. The molecule has 3 heterocycles. The molecule has 0 saturated carbocycles. The SMILES string of the molecule is CN1CCN(CCCn2c(-c3nonc3N)nc3ccccc32)CC1. The molecule has 0 spiro atoms. The summed E-state index contributed by atoms with van der Waals surface area (Å²) in [5, 5.41) is 7.63. The van der Waals surface area contributed by atoms with E-state index in [-0.39, 0.29) is 5.82 Å². The van der Waals surface area contributed by atoms with E-state index >= 15 is 0 Å². The molecule has 1 aliphatic heterocycles. The summed E-state index contributed by atoms with van der Waals surface area (Å²) in [6, 6.07) is 8.08. The minimum absolute atomic E-state index is 0.274. The van der Waals surface area contributed by atoms with E-state index < -0.39 is 0 Å². The Balaban J connectivity index is 1.55. The molecule has 0 unspecified atom stereocenters. The van der Waals surface area contributed by atoms with Crippen molar-refractivity contribution in [2.45, 2.75) is 13.0 Å². The van der Waals surface area contributed by atoms with E-state index in [0.29, 0.717) is 5.69 Å².